The molecule has 107 heavy (non-hydrogen) atoms. The second kappa shape index (κ2) is 76.7. The van der Waals surface area contributed by atoms with Crippen molar-refractivity contribution in [2.45, 2.75) is 478 Å². The molecule has 0 rings (SSSR count). The van der Waals surface area contributed by atoms with Crippen LogP contribution in [0.15, 0.2) is 0 Å². The average Bonchev–Trinajstić information content (AvgIpc) is 0.901. The number of aliphatic hydroxyl groups is 1. The third kappa shape index (κ3) is 77.8. The van der Waals surface area contributed by atoms with Gasteiger partial charge in [0.15, 0.2) is 12.2 Å². The normalized spacial score (nSPS) is 14.7. The molecule has 0 heterocycles. The molecule has 0 aliphatic rings. The zero-order valence-corrected chi connectivity index (χ0v) is 72.6. The summed E-state index contributed by atoms with van der Waals surface area (Å²) >= 11 is 0. The van der Waals surface area contributed by atoms with E-state index in [-0.39, 0.29) is 25.7 Å². The molecule has 19 heteroatoms. The maximum Gasteiger partial charge on any atom is 0.472 e. The van der Waals surface area contributed by atoms with Crippen molar-refractivity contribution < 1.29 is 80.2 Å². The summed E-state index contributed by atoms with van der Waals surface area (Å²) < 4.78 is 69.0. The van der Waals surface area contributed by atoms with Crippen molar-refractivity contribution in [3.8, 4) is 0 Å². The minimum Gasteiger partial charge on any atom is -0.462 e. The molecule has 0 amide bonds. The number of aliphatic hydroxyl groups excluding tert-OH is 1. The molecule has 3 N–H and O–H groups in total. The van der Waals surface area contributed by atoms with Gasteiger partial charge in [-0.25, -0.2) is 9.13 Å². The van der Waals surface area contributed by atoms with Crippen LogP contribution in [0.5, 0.6) is 0 Å². The Hall–Kier alpha value is -1.94. The number of hydrogen-bond donors (Lipinski definition) is 3. The van der Waals surface area contributed by atoms with E-state index in [0.29, 0.717) is 25.7 Å². The zero-order valence-electron chi connectivity index (χ0n) is 70.8. The van der Waals surface area contributed by atoms with Crippen molar-refractivity contribution in [2.75, 3.05) is 39.6 Å². The predicted molar refractivity (Wildman–Crippen MR) is 441 cm³/mol. The van der Waals surface area contributed by atoms with Crippen molar-refractivity contribution >= 4 is 39.5 Å². The first-order valence-corrected chi connectivity index (χ1v) is 48.3. The maximum atomic E-state index is 13.2. The Bertz CT molecular complexity index is 2080. The Labute approximate surface area is 658 Å². The Kier molecular flexibility index (Phi) is 75.3. The number of phosphoric acid groups is 2. The first-order chi connectivity index (χ1) is 51.7. The summed E-state index contributed by atoms with van der Waals surface area (Å²) in [7, 11) is -9.93. The molecule has 0 aliphatic heterocycles. The van der Waals surface area contributed by atoms with Crippen molar-refractivity contribution in [1.82, 2.24) is 0 Å². The van der Waals surface area contributed by atoms with Gasteiger partial charge in [-0.05, 0) is 49.4 Å². The fourth-order valence-electron chi connectivity index (χ4n) is 13.6. The molecule has 0 aromatic heterocycles. The molecule has 5 unspecified atom stereocenters. The number of hydrogen-bond acceptors (Lipinski definition) is 15. The first kappa shape index (κ1) is 105. The third-order valence-corrected chi connectivity index (χ3v) is 23.6. The number of carbonyl (C=O) groups excluding carboxylic acids is 4. The van der Waals surface area contributed by atoms with Crippen LogP contribution in [0.25, 0.3) is 0 Å². The zero-order chi connectivity index (χ0) is 78.8. The number of phosphoric ester groups is 2. The molecule has 0 aromatic rings. The predicted octanol–water partition coefficient (Wildman–Crippen LogP) is 26.7. The quantitative estimate of drug-likeness (QED) is 0.0222. The Morgan fingerprint density at radius 3 is 0.664 bits per heavy atom. The molecule has 0 fully saturated rings. The van der Waals surface area contributed by atoms with Gasteiger partial charge in [-0.2, -0.15) is 0 Å². The van der Waals surface area contributed by atoms with E-state index < -0.39 is 97.5 Å². The highest BCUT2D eigenvalue weighted by atomic mass is 31.2. The summed E-state index contributed by atoms with van der Waals surface area (Å²) in [5.74, 6) is 1.14. The van der Waals surface area contributed by atoms with Gasteiger partial charge in [-0.3, -0.25) is 37.3 Å². The van der Waals surface area contributed by atoms with Crippen molar-refractivity contribution in [3.05, 3.63) is 0 Å². The van der Waals surface area contributed by atoms with Crippen LogP contribution in [0.3, 0.4) is 0 Å². The lowest BCUT2D eigenvalue weighted by molar-refractivity contribution is -0.161. The van der Waals surface area contributed by atoms with Gasteiger partial charge in [0.05, 0.1) is 26.4 Å². The molecule has 0 aromatic carbocycles. The molecule has 0 saturated heterocycles. The van der Waals surface area contributed by atoms with Gasteiger partial charge in [0, 0.05) is 25.7 Å². The minimum absolute atomic E-state index is 0.107. The Morgan fingerprint density at radius 1 is 0.262 bits per heavy atom. The highest BCUT2D eigenvalue weighted by molar-refractivity contribution is 7.47. The molecule has 0 aliphatic carbocycles. The molecular formula is C88H172O17P2. The fourth-order valence-corrected chi connectivity index (χ4v) is 15.2. The molecule has 17 nitrogen and oxygen atoms in total. The lowest BCUT2D eigenvalue weighted by Gasteiger charge is -2.21. The second-order valence-electron chi connectivity index (χ2n) is 32.8. The van der Waals surface area contributed by atoms with Gasteiger partial charge in [0.2, 0.25) is 0 Å². The summed E-state index contributed by atoms with van der Waals surface area (Å²) in [6.45, 7) is 14.4. The molecule has 8 atom stereocenters. The largest absolute Gasteiger partial charge is 0.472 e. The minimum atomic E-state index is -4.97. The summed E-state index contributed by atoms with van der Waals surface area (Å²) in [5.41, 5.74) is 0. The summed E-state index contributed by atoms with van der Waals surface area (Å²) in [6, 6.07) is 0. The average molecular weight is 1560 g/mol. The molecule has 636 valence electrons. The highest BCUT2D eigenvalue weighted by Crippen LogP contribution is 2.45. The monoisotopic (exact) mass is 1560 g/mol. The number of unbranched alkanes of at least 4 members (excludes halogenated alkanes) is 48. The van der Waals surface area contributed by atoms with Gasteiger partial charge >= 0.3 is 39.5 Å². The van der Waals surface area contributed by atoms with Crippen LogP contribution in [0.4, 0.5) is 0 Å². The number of carbonyl (C=O) groups is 4. The van der Waals surface area contributed by atoms with E-state index in [1.807, 2.05) is 0 Å². The molecule has 0 radical (unpaired) electrons. The molecule has 0 bridgehead atoms. The highest BCUT2D eigenvalue weighted by Gasteiger charge is 2.31. The summed E-state index contributed by atoms with van der Waals surface area (Å²) in [4.78, 5) is 73.3. The van der Waals surface area contributed by atoms with Gasteiger partial charge in [-0.15, -0.1) is 0 Å². The smallest absolute Gasteiger partial charge is 0.462 e. The number of rotatable bonds is 85. The Morgan fingerprint density at radius 2 is 0.449 bits per heavy atom. The van der Waals surface area contributed by atoms with Gasteiger partial charge in [0.1, 0.15) is 19.3 Å². The molecule has 0 spiro atoms. The van der Waals surface area contributed by atoms with Crippen molar-refractivity contribution in [2.24, 2.45) is 23.7 Å². The van der Waals surface area contributed by atoms with E-state index in [0.717, 1.165) is 120 Å². The van der Waals surface area contributed by atoms with E-state index in [4.69, 9.17) is 37.0 Å². The van der Waals surface area contributed by atoms with E-state index in [9.17, 15) is 43.2 Å². The topological polar surface area (TPSA) is 237 Å². The lowest BCUT2D eigenvalue weighted by Crippen LogP contribution is -2.30. The maximum absolute atomic E-state index is 13.2. The van der Waals surface area contributed by atoms with Crippen LogP contribution < -0.4 is 0 Å². The van der Waals surface area contributed by atoms with Gasteiger partial charge < -0.3 is 33.8 Å². The second-order valence-corrected chi connectivity index (χ2v) is 35.7. The van der Waals surface area contributed by atoms with Crippen LogP contribution in [-0.2, 0) is 65.4 Å². The molecular weight excluding hydrogens is 1390 g/mol. The van der Waals surface area contributed by atoms with Crippen molar-refractivity contribution in [1.29, 1.82) is 0 Å². The van der Waals surface area contributed by atoms with Crippen LogP contribution in [-0.4, -0.2) is 96.7 Å². The van der Waals surface area contributed by atoms with E-state index in [1.54, 1.807) is 0 Å². The first-order valence-electron chi connectivity index (χ1n) is 45.3. The number of ether oxygens (including phenoxy) is 4. The van der Waals surface area contributed by atoms with Gasteiger partial charge in [0.25, 0.3) is 0 Å². The van der Waals surface area contributed by atoms with Gasteiger partial charge in [-0.1, -0.05) is 409 Å². The fraction of sp³-hybridized carbons (Fsp3) is 0.955. The lowest BCUT2D eigenvalue weighted by atomic mass is 9.99. The summed E-state index contributed by atoms with van der Waals surface area (Å²) in [5, 5.41) is 10.7. The van der Waals surface area contributed by atoms with Crippen molar-refractivity contribution in [3.63, 3.8) is 0 Å². The van der Waals surface area contributed by atoms with Crippen LogP contribution in [0.1, 0.15) is 460 Å². The van der Waals surface area contributed by atoms with E-state index in [1.165, 1.54) is 257 Å². The standard InChI is InChI=1S/C88H172O17P2/c1-9-79(6)65-57-49-41-35-29-23-18-20-25-31-37-43-52-60-68-85(90)98-74-83(104-87(92)70-63-55-45-39-33-27-21-19-24-30-36-42-50-58-66-80(7)10-2)76-102-106(94,95)100-72-82(89)73-101-107(96,97)103-77-84(75-99-86(91)69-61-53-47-46-51-59-67-81(8)11-3)105-88(93)71-62-54-44-38-32-26-17-15-13-12-14-16-22-28-34-40-48-56-64-78(4)5/h78-84,89H,9-77H2,1-8H3,(H,94,95)(H,96,97)/t79?,80?,81?,82-,83-,84-/m1/s1. The van der Waals surface area contributed by atoms with Crippen LogP contribution >= 0.6 is 15.6 Å². The van der Waals surface area contributed by atoms with E-state index >= 15 is 0 Å². The van der Waals surface area contributed by atoms with Crippen LogP contribution in [0, 0.1) is 23.7 Å². The van der Waals surface area contributed by atoms with E-state index in [2.05, 4.69) is 55.4 Å². The number of esters is 4. The Balaban J connectivity index is 5.23. The molecule has 0 saturated carbocycles. The third-order valence-electron chi connectivity index (χ3n) is 21.7. The SMILES string of the molecule is CCC(C)CCCCCCCCCCCCCCCCC(=O)OC[C@H](COP(=O)(O)OC[C@@H](O)COP(=O)(O)OC[C@@H](COC(=O)CCCCCCCCC(C)CC)OC(=O)CCCCCCCCCCCCCCCCCCCCC(C)C)OC(=O)CCCCCCCCCCCCCCCCC(C)CC. The van der Waals surface area contributed by atoms with Crippen LogP contribution in [0.2, 0.25) is 0 Å². The summed E-state index contributed by atoms with van der Waals surface area (Å²) in [6.07, 6.45) is 66.6.